The topological polar surface area (TPSA) is 76.1 Å². The third-order valence-electron chi connectivity index (χ3n) is 6.42. The number of nitrogens with zero attached hydrogens (tertiary/aromatic N) is 1. The molecule has 1 heterocycles. The fourth-order valence-electron chi connectivity index (χ4n) is 4.67. The Hall–Kier alpha value is -4.06. The van der Waals surface area contributed by atoms with E-state index in [2.05, 4.69) is 0 Å². The number of benzene rings is 3. The van der Waals surface area contributed by atoms with Crippen LogP contribution in [0.5, 0.6) is 11.5 Å². The first-order chi connectivity index (χ1) is 17.3. The molecule has 1 N–H and O–H groups in total. The number of Topliss-reactive ketones (excluding diaryl/α,β-unsaturated/α-hetero) is 1. The number of aliphatic hydroxyl groups excluding tert-OH is 1. The van der Waals surface area contributed by atoms with Gasteiger partial charge in [0.05, 0.1) is 25.3 Å². The monoisotopic (exact) mass is 485 g/mol. The van der Waals surface area contributed by atoms with Crippen LogP contribution >= 0.6 is 0 Å². The number of aryl methyl sites for hydroxylation is 1. The Bertz CT molecular complexity index is 1330. The number of ketones is 1. The van der Waals surface area contributed by atoms with Gasteiger partial charge in [-0.1, -0.05) is 44.2 Å². The number of ether oxygens (including phenoxy) is 2. The normalized spacial score (nSPS) is 17.1. The van der Waals surface area contributed by atoms with Crippen molar-refractivity contribution in [3.63, 3.8) is 0 Å². The van der Waals surface area contributed by atoms with Gasteiger partial charge in [-0.25, -0.2) is 0 Å². The van der Waals surface area contributed by atoms with Crippen LogP contribution in [0, 0.1) is 6.92 Å². The molecule has 1 unspecified atom stereocenters. The molecule has 6 heteroatoms. The first kappa shape index (κ1) is 25.0. The van der Waals surface area contributed by atoms with Gasteiger partial charge >= 0.3 is 0 Å². The third kappa shape index (κ3) is 4.47. The Morgan fingerprint density at radius 3 is 2.39 bits per heavy atom. The van der Waals surface area contributed by atoms with Crippen LogP contribution in [0.25, 0.3) is 5.76 Å². The van der Waals surface area contributed by atoms with E-state index >= 15 is 0 Å². The highest BCUT2D eigenvalue weighted by atomic mass is 16.5. The molecule has 1 saturated heterocycles. The molecular weight excluding hydrogens is 454 g/mol. The summed E-state index contributed by atoms with van der Waals surface area (Å²) in [5.41, 5.74) is 3.41. The van der Waals surface area contributed by atoms with Crippen LogP contribution in [0.4, 0.5) is 5.69 Å². The molecule has 4 rings (SSSR count). The lowest BCUT2D eigenvalue weighted by Crippen LogP contribution is -2.29. The lowest BCUT2D eigenvalue weighted by Gasteiger charge is -2.26. The van der Waals surface area contributed by atoms with E-state index in [0.717, 1.165) is 11.1 Å². The molecule has 36 heavy (non-hydrogen) atoms. The van der Waals surface area contributed by atoms with Gasteiger partial charge in [0.25, 0.3) is 11.7 Å². The Labute approximate surface area is 211 Å². The molecule has 3 aromatic carbocycles. The van der Waals surface area contributed by atoms with Gasteiger partial charge in [-0.2, -0.15) is 0 Å². The van der Waals surface area contributed by atoms with Crippen molar-refractivity contribution in [3.8, 4) is 11.5 Å². The zero-order valence-corrected chi connectivity index (χ0v) is 21.2. The predicted molar refractivity (Wildman–Crippen MR) is 141 cm³/mol. The van der Waals surface area contributed by atoms with Crippen molar-refractivity contribution >= 4 is 23.1 Å². The molecule has 6 nitrogen and oxygen atoms in total. The molecule has 0 radical (unpaired) electrons. The van der Waals surface area contributed by atoms with Crippen molar-refractivity contribution in [2.24, 2.45) is 0 Å². The average molecular weight is 486 g/mol. The molecule has 1 aliphatic heterocycles. The first-order valence-corrected chi connectivity index (χ1v) is 12.1. The first-order valence-electron chi connectivity index (χ1n) is 12.1. The number of carbonyl (C=O) groups is 2. The zero-order chi connectivity index (χ0) is 26.0. The highest BCUT2D eigenvalue weighted by Gasteiger charge is 2.47. The SMILES string of the molecule is CCOc1cccc(C2/C(=C(\O)c3cc(C(C)C)c(OC)cc3C)C(=O)C(=O)N2c2ccccc2)c1. The molecule has 0 aromatic heterocycles. The zero-order valence-electron chi connectivity index (χ0n) is 21.2. The highest BCUT2D eigenvalue weighted by molar-refractivity contribution is 6.51. The minimum absolute atomic E-state index is 0.0421. The van der Waals surface area contributed by atoms with E-state index in [0.29, 0.717) is 34.9 Å². The lowest BCUT2D eigenvalue weighted by atomic mass is 9.91. The van der Waals surface area contributed by atoms with E-state index in [1.165, 1.54) is 4.90 Å². The molecule has 1 atom stereocenters. The smallest absolute Gasteiger partial charge is 0.300 e. The maximum atomic E-state index is 13.5. The van der Waals surface area contributed by atoms with Gasteiger partial charge in [-0.3, -0.25) is 14.5 Å². The van der Waals surface area contributed by atoms with Crippen LogP contribution in [0.2, 0.25) is 0 Å². The number of aliphatic hydroxyl groups is 1. The fraction of sp³-hybridized carbons (Fsp3) is 0.267. The van der Waals surface area contributed by atoms with Crippen molar-refractivity contribution in [2.75, 3.05) is 18.6 Å². The van der Waals surface area contributed by atoms with Crippen LogP contribution in [0.3, 0.4) is 0 Å². The summed E-state index contributed by atoms with van der Waals surface area (Å²) in [5.74, 6) is -0.173. The largest absolute Gasteiger partial charge is 0.507 e. The number of hydrogen-bond donors (Lipinski definition) is 1. The second-order valence-electron chi connectivity index (χ2n) is 9.07. The standard InChI is InChI=1S/C30H31NO5/c1-6-36-22-14-10-11-20(16-22)27-26(29(33)30(34)31(27)21-12-8-7-9-13-21)28(32)24-17-23(18(2)3)25(35-5)15-19(24)4/h7-18,27,32H,6H2,1-5H3/b28-26+. The molecule has 186 valence electrons. The summed E-state index contributed by atoms with van der Waals surface area (Å²) < 4.78 is 11.2. The van der Waals surface area contributed by atoms with Gasteiger partial charge in [0.2, 0.25) is 0 Å². The van der Waals surface area contributed by atoms with Crippen LogP contribution in [-0.2, 0) is 9.59 Å². The Balaban J connectivity index is 1.98. The van der Waals surface area contributed by atoms with Gasteiger partial charge in [0.1, 0.15) is 17.3 Å². The van der Waals surface area contributed by atoms with Gasteiger partial charge in [-0.05, 0) is 72.9 Å². The minimum atomic E-state index is -0.822. The van der Waals surface area contributed by atoms with E-state index in [-0.39, 0.29) is 17.3 Å². The number of hydrogen-bond acceptors (Lipinski definition) is 5. The molecule has 0 saturated carbocycles. The number of amides is 1. The van der Waals surface area contributed by atoms with Crippen molar-refractivity contribution in [1.29, 1.82) is 0 Å². The van der Waals surface area contributed by atoms with Crippen LogP contribution in [-0.4, -0.2) is 30.5 Å². The van der Waals surface area contributed by atoms with Crippen molar-refractivity contribution in [3.05, 3.63) is 94.6 Å². The summed E-state index contributed by atoms with van der Waals surface area (Å²) in [7, 11) is 1.61. The maximum Gasteiger partial charge on any atom is 0.300 e. The summed E-state index contributed by atoms with van der Waals surface area (Å²) in [6.07, 6.45) is 0. The quantitative estimate of drug-likeness (QED) is 0.247. The molecule has 1 aliphatic rings. The molecule has 0 bridgehead atoms. The van der Waals surface area contributed by atoms with Crippen LogP contribution in [0.1, 0.15) is 55.0 Å². The second kappa shape index (κ2) is 10.3. The average Bonchev–Trinajstić information content (AvgIpc) is 3.14. The molecule has 1 fully saturated rings. The van der Waals surface area contributed by atoms with Gasteiger partial charge < -0.3 is 14.6 Å². The van der Waals surface area contributed by atoms with Crippen molar-refractivity contribution in [2.45, 2.75) is 39.7 Å². The summed E-state index contributed by atoms with van der Waals surface area (Å²) in [5, 5.41) is 11.6. The third-order valence-corrected chi connectivity index (χ3v) is 6.42. The summed E-state index contributed by atoms with van der Waals surface area (Å²) in [6.45, 7) is 8.28. The van der Waals surface area contributed by atoms with E-state index in [4.69, 9.17) is 9.47 Å². The van der Waals surface area contributed by atoms with E-state index in [1.807, 2.05) is 82.3 Å². The van der Waals surface area contributed by atoms with Crippen LogP contribution in [0.15, 0.2) is 72.3 Å². The lowest BCUT2D eigenvalue weighted by molar-refractivity contribution is -0.132. The second-order valence-corrected chi connectivity index (χ2v) is 9.07. The van der Waals surface area contributed by atoms with E-state index in [9.17, 15) is 14.7 Å². The molecule has 1 amide bonds. The number of carbonyl (C=O) groups excluding carboxylic acids is 2. The van der Waals surface area contributed by atoms with Crippen LogP contribution < -0.4 is 14.4 Å². The van der Waals surface area contributed by atoms with E-state index in [1.54, 1.807) is 19.2 Å². The van der Waals surface area contributed by atoms with Crippen molar-refractivity contribution < 1.29 is 24.2 Å². The number of para-hydroxylation sites is 1. The van der Waals surface area contributed by atoms with Crippen molar-refractivity contribution in [1.82, 2.24) is 0 Å². The Kier molecular flexibility index (Phi) is 7.15. The molecule has 0 spiro atoms. The van der Waals surface area contributed by atoms with Gasteiger partial charge in [-0.15, -0.1) is 0 Å². The molecule has 3 aromatic rings. The predicted octanol–water partition coefficient (Wildman–Crippen LogP) is 6.15. The number of methoxy groups -OCH3 is 1. The van der Waals surface area contributed by atoms with Gasteiger partial charge in [0, 0.05) is 11.3 Å². The number of rotatable bonds is 7. The summed E-state index contributed by atoms with van der Waals surface area (Å²) in [4.78, 5) is 28.3. The maximum absolute atomic E-state index is 13.5. The summed E-state index contributed by atoms with van der Waals surface area (Å²) in [6, 6.07) is 19.2. The Morgan fingerprint density at radius 1 is 1.03 bits per heavy atom. The molecular formula is C30H31NO5. The van der Waals surface area contributed by atoms with E-state index < -0.39 is 17.7 Å². The Morgan fingerprint density at radius 2 is 1.75 bits per heavy atom. The number of anilines is 1. The molecule has 0 aliphatic carbocycles. The van der Waals surface area contributed by atoms with Gasteiger partial charge in [0.15, 0.2) is 0 Å². The highest BCUT2D eigenvalue weighted by Crippen LogP contribution is 2.44. The summed E-state index contributed by atoms with van der Waals surface area (Å²) >= 11 is 0. The minimum Gasteiger partial charge on any atom is -0.507 e. The fourth-order valence-corrected chi connectivity index (χ4v) is 4.67.